The molecule has 0 bridgehead atoms. The zero-order valence-corrected chi connectivity index (χ0v) is 13.4. The van der Waals surface area contributed by atoms with Crippen LogP contribution in [-0.4, -0.2) is 34.7 Å². The average molecular weight is 275 g/mol. The molecule has 1 aliphatic heterocycles. The van der Waals surface area contributed by atoms with Gasteiger partial charge < -0.3 is 5.11 Å². The highest BCUT2D eigenvalue weighted by atomic mass is 16.3. The van der Waals surface area contributed by atoms with Crippen LogP contribution < -0.4 is 0 Å². The van der Waals surface area contributed by atoms with E-state index in [0.29, 0.717) is 5.92 Å². The lowest BCUT2D eigenvalue weighted by molar-refractivity contribution is 0.00337. The monoisotopic (exact) mass is 275 g/mol. The molecule has 0 aliphatic carbocycles. The molecule has 0 aromatic heterocycles. The molecule has 2 rings (SSSR count). The minimum Gasteiger partial charge on any atom is -0.391 e. The summed E-state index contributed by atoms with van der Waals surface area (Å²) in [5.41, 5.74) is 2.46. The number of nitrogens with zero attached hydrogens (tertiary/aromatic N) is 1. The molecule has 1 aromatic carbocycles. The molecule has 2 heteroatoms. The SMILES string of the molecule is CC(C)c1ccc(CC(O)C(C)(C)N2CCCC2)cc1. The van der Waals surface area contributed by atoms with Crippen molar-refractivity contribution in [2.45, 2.75) is 64.5 Å². The van der Waals surface area contributed by atoms with Gasteiger partial charge in [-0.25, -0.2) is 0 Å². The minimum atomic E-state index is -0.314. The maximum atomic E-state index is 10.6. The predicted octanol–water partition coefficient (Wildman–Crippen LogP) is 3.59. The number of hydrogen-bond acceptors (Lipinski definition) is 2. The van der Waals surface area contributed by atoms with Crippen LogP contribution in [0.2, 0.25) is 0 Å². The van der Waals surface area contributed by atoms with E-state index in [4.69, 9.17) is 0 Å². The standard InChI is InChI=1S/C18H29NO/c1-14(2)16-9-7-15(8-10-16)13-17(20)18(3,4)19-11-5-6-12-19/h7-10,14,17,20H,5-6,11-13H2,1-4H3. The largest absolute Gasteiger partial charge is 0.391 e. The molecule has 1 fully saturated rings. The summed E-state index contributed by atoms with van der Waals surface area (Å²) in [5.74, 6) is 0.565. The summed E-state index contributed by atoms with van der Waals surface area (Å²) < 4.78 is 0. The van der Waals surface area contributed by atoms with Crippen molar-refractivity contribution >= 4 is 0 Å². The Labute approximate surface area is 123 Å². The van der Waals surface area contributed by atoms with Gasteiger partial charge in [-0.05, 0) is 56.8 Å². The lowest BCUT2D eigenvalue weighted by Crippen LogP contribution is -2.51. The number of rotatable bonds is 5. The first-order chi connectivity index (χ1) is 9.41. The molecule has 0 radical (unpaired) electrons. The molecular formula is C18H29NO. The van der Waals surface area contributed by atoms with E-state index in [9.17, 15) is 5.11 Å². The Hall–Kier alpha value is -0.860. The van der Waals surface area contributed by atoms with Gasteiger partial charge in [-0.3, -0.25) is 4.90 Å². The van der Waals surface area contributed by atoms with Crippen LogP contribution in [0.3, 0.4) is 0 Å². The van der Waals surface area contributed by atoms with E-state index in [1.165, 1.54) is 24.0 Å². The molecule has 20 heavy (non-hydrogen) atoms. The van der Waals surface area contributed by atoms with Crippen molar-refractivity contribution in [3.8, 4) is 0 Å². The van der Waals surface area contributed by atoms with Gasteiger partial charge >= 0.3 is 0 Å². The second kappa shape index (κ2) is 6.28. The van der Waals surface area contributed by atoms with E-state index in [-0.39, 0.29) is 11.6 Å². The van der Waals surface area contributed by atoms with Gasteiger partial charge in [0.25, 0.3) is 0 Å². The number of aliphatic hydroxyl groups excluding tert-OH is 1. The van der Waals surface area contributed by atoms with Gasteiger partial charge in [0.1, 0.15) is 0 Å². The Morgan fingerprint density at radius 1 is 1.10 bits per heavy atom. The summed E-state index contributed by atoms with van der Waals surface area (Å²) >= 11 is 0. The lowest BCUT2D eigenvalue weighted by Gasteiger charge is -2.39. The van der Waals surface area contributed by atoms with Crippen LogP contribution in [0.5, 0.6) is 0 Å². The molecule has 0 saturated carbocycles. The summed E-state index contributed by atoms with van der Waals surface area (Å²) in [4.78, 5) is 2.43. The normalized spacial score (nSPS) is 18.7. The van der Waals surface area contributed by atoms with Gasteiger partial charge in [0, 0.05) is 12.0 Å². The Morgan fingerprint density at radius 3 is 2.15 bits per heavy atom. The topological polar surface area (TPSA) is 23.5 Å². The number of aliphatic hydroxyl groups is 1. The highest BCUT2D eigenvalue weighted by Crippen LogP contribution is 2.26. The van der Waals surface area contributed by atoms with Gasteiger partial charge in [-0.2, -0.15) is 0 Å². The maximum absolute atomic E-state index is 10.6. The zero-order valence-electron chi connectivity index (χ0n) is 13.4. The Bertz CT molecular complexity index is 416. The summed E-state index contributed by atoms with van der Waals surface area (Å²) in [7, 11) is 0. The van der Waals surface area contributed by atoms with Crippen LogP contribution in [0.15, 0.2) is 24.3 Å². The zero-order chi connectivity index (χ0) is 14.8. The molecule has 1 aromatic rings. The number of benzene rings is 1. The first-order valence-corrected chi connectivity index (χ1v) is 7.93. The molecule has 1 atom stereocenters. The van der Waals surface area contributed by atoms with E-state index >= 15 is 0 Å². The molecule has 1 heterocycles. The van der Waals surface area contributed by atoms with E-state index < -0.39 is 0 Å². The quantitative estimate of drug-likeness (QED) is 0.887. The molecule has 0 amide bonds. The van der Waals surface area contributed by atoms with Crippen LogP contribution in [0, 0.1) is 0 Å². The second-order valence-corrected chi connectivity index (χ2v) is 6.96. The summed E-state index contributed by atoms with van der Waals surface area (Å²) in [6, 6.07) is 8.71. The molecule has 1 N–H and O–H groups in total. The van der Waals surface area contributed by atoms with Crippen molar-refractivity contribution in [2.24, 2.45) is 0 Å². The van der Waals surface area contributed by atoms with Crippen LogP contribution in [0.25, 0.3) is 0 Å². The molecule has 1 aliphatic rings. The molecule has 2 nitrogen and oxygen atoms in total. The van der Waals surface area contributed by atoms with Crippen LogP contribution in [0.1, 0.15) is 57.6 Å². The third kappa shape index (κ3) is 3.42. The number of likely N-dealkylation sites (tertiary alicyclic amines) is 1. The summed E-state index contributed by atoms with van der Waals surface area (Å²) in [5, 5.41) is 10.6. The Morgan fingerprint density at radius 2 is 1.65 bits per heavy atom. The van der Waals surface area contributed by atoms with Gasteiger partial charge in [0.2, 0.25) is 0 Å². The van der Waals surface area contributed by atoms with E-state index in [2.05, 4.69) is 56.9 Å². The van der Waals surface area contributed by atoms with E-state index in [1.54, 1.807) is 0 Å². The first kappa shape index (κ1) is 15.5. The van der Waals surface area contributed by atoms with Gasteiger partial charge in [-0.1, -0.05) is 38.1 Å². The molecular weight excluding hydrogens is 246 g/mol. The fraction of sp³-hybridized carbons (Fsp3) is 0.667. The van der Waals surface area contributed by atoms with Crippen molar-refractivity contribution < 1.29 is 5.11 Å². The third-order valence-corrected chi connectivity index (χ3v) is 4.81. The van der Waals surface area contributed by atoms with Crippen molar-refractivity contribution in [1.82, 2.24) is 4.90 Å². The van der Waals surface area contributed by atoms with Crippen LogP contribution >= 0.6 is 0 Å². The van der Waals surface area contributed by atoms with Crippen LogP contribution in [0.4, 0.5) is 0 Å². The highest BCUT2D eigenvalue weighted by molar-refractivity contribution is 5.25. The summed E-state index contributed by atoms with van der Waals surface area (Å²) in [6.07, 6.45) is 2.95. The minimum absolute atomic E-state index is 0.132. The van der Waals surface area contributed by atoms with Crippen molar-refractivity contribution in [1.29, 1.82) is 0 Å². The van der Waals surface area contributed by atoms with Gasteiger partial charge in [-0.15, -0.1) is 0 Å². The highest BCUT2D eigenvalue weighted by Gasteiger charge is 2.35. The van der Waals surface area contributed by atoms with E-state index in [1.807, 2.05) is 0 Å². The molecule has 1 saturated heterocycles. The smallest absolute Gasteiger partial charge is 0.0758 e. The molecule has 0 spiro atoms. The van der Waals surface area contributed by atoms with Crippen molar-refractivity contribution in [2.75, 3.05) is 13.1 Å². The fourth-order valence-corrected chi connectivity index (χ4v) is 3.02. The molecule has 112 valence electrons. The second-order valence-electron chi connectivity index (χ2n) is 6.96. The van der Waals surface area contributed by atoms with Crippen molar-refractivity contribution in [3.63, 3.8) is 0 Å². The summed E-state index contributed by atoms with van der Waals surface area (Å²) in [6.45, 7) is 11.0. The third-order valence-electron chi connectivity index (χ3n) is 4.81. The van der Waals surface area contributed by atoms with Crippen molar-refractivity contribution in [3.05, 3.63) is 35.4 Å². The van der Waals surface area contributed by atoms with E-state index in [0.717, 1.165) is 19.5 Å². The fourth-order valence-electron chi connectivity index (χ4n) is 3.02. The Kier molecular flexibility index (Phi) is 4.87. The molecule has 1 unspecified atom stereocenters. The predicted molar refractivity (Wildman–Crippen MR) is 85.1 cm³/mol. The maximum Gasteiger partial charge on any atom is 0.0758 e. The number of hydrogen-bond donors (Lipinski definition) is 1. The lowest BCUT2D eigenvalue weighted by atomic mass is 9.89. The van der Waals surface area contributed by atoms with Crippen LogP contribution in [-0.2, 0) is 6.42 Å². The Balaban J connectivity index is 2.01. The van der Waals surface area contributed by atoms with Gasteiger partial charge in [0.15, 0.2) is 0 Å². The average Bonchev–Trinajstić information content (AvgIpc) is 2.93. The van der Waals surface area contributed by atoms with Gasteiger partial charge in [0.05, 0.1) is 6.10 Å². The first-order valence-electron chi connectivity index (χ1n) is 7.93.